The zero-order valence-electron chi connectivity index (χ0n) is 12.4. The van der Waals surface area contributed by atoms with Gasteiger partial charge in [0, 0.05) is 0 Å². The van der Waals surface area contributed by atoms with Crippen LogP contribution in [0.1, 0.15) is 45.4 Å². The molecular weight excluding hydrogens is 272 g/mol. The van der Waals surface area contributed by atoms with E-state index in [4.69, 9.17) is 10.6 Å². The number of nitrogens with zero attached hydrogens (tertiary/aromatic N) is 3. The molecule has 5 N–H and O–H groups in total. The summed E-state index contributed by atoms with van der Waals surface area (Å²) in [6.07, 6.45) is 5.44. The van der Waals surface area contributed by atoms with E-state index in [1.54, 1.807) is 0 Å². The SMILES string of the molecule is CCCOc1nc(NN)nc(NC2CCCCCC2O)n1. The van der Waals surface area contributed by atoms with Crippen LogP contribution in [-0.2, 0) is 0 Å². The minimum absolute atomic E-state index is 0.0560. The monoisotopic (exact) mass is 296 g/mol. The quantitative estimate of drug-likeness (QED) is 0.349. The molecule has 0 amide bonds. The first-order valence-electron chi connectivity index (χ1n) is 7.53. The lowest BCUT2D eigenvalue weighted by atomic mass is 10.1. The van der Waals surface area contributed by atoms with Gasteiger partial charge >= 0.3 is 6.01 Å². The molecule has 1 saturated carbocycles. The number of aromatic nitrogens is 3. The zero-order chi connectivity index (χ0) is 15.1. The molecule has 8 heteroatoms. The van der Waals surface area contributed by atoms with Gasteiger partial charge in [0.15, 0.2) is 0 Å². The van der Waals surface area contributed by atoms with Crippen molar-refractivity contribution in [1.82, 2.24) is 15.0 Å². The molecule has 0 aliphatic heterocycles. The Balaban J connectivity index is 2.09. The Morgan fingerprint density at radius 2 is 1.95 bits per heavy atom. The highest BCUT2D eigenvalue weighted by molar-refractivity contribution is 5.36. The average Bonchev–Trinajstić information content (AvgIpc) is 2.70. The van der Waals surface area contributed by atoms with Gasteiger partial charge in [-0.05, 0) is 19.3 Å². The Hall–Kier alpha value is -1.67. The predicted molar refractivity (Wildman–Crippen MR) is 79.9 cm³/mol. The summed E-state index contributed by atoms with van der Waals surface area (Å²) in [6, 6.07) is 0.171. The smallest absolute Gasteiger partial charge is 0.323 e. The summed E-state index contributed by atoms with van der Waals surface area (Å²) in [6.45, 7) is 2.53. The minimum Gasteiger partial charge on any atom is -0.463 e. The molecule has 1 fully saturated rings. The van der Waals surface area contributed by atoms with E-state index in [0.717, 1.165) is 38.5 Å². The highest BCUT2D eigenvalue weighted by Gasteiger charge is 2.22. The summed E-state index contributed by atoms with van der Waals surface area (Å²) in [5.74, 6) is 5.97. The minimum atomic E-state index is -0.390. The molecule has 0 bridgehead atoms. The van der Waals surface area contributed by atoms with Gasteiger partial charge in [-0.1, -0.05) is 26.2 Å². The molecule has 1 aromatic heterocycles. The van der Waals surface area contributed by atoms with Crippen LogP contribution in [0.25, 0.3) is 0 Å². The van der Waals surface area contributed by atoms with Crippen molar-refractivity contribution in [2.45, 2.75) is 57.6 Å². The third-order valence-electron chi connectivity index (χ3n) is 3.47. The number of nitrogens with two attached hydrogens (primary N) is 1. The van der Waals surface area contributed by atoms with Gasteiger partial charge in [-0.15, -0.1) is 0 Å². The molecule has 1 aromatic rings. The van der Waals surface area contributed by atoms with Crippen LogP contribution in [0, 0.1) is 0 Å². The summed E-state index contributed by atoms with van der Waals surface area (Å²) in [4.78, 5) is 12.4. The second kappa shape index (κ2) is 7.94. The fraction of sp³-hybridized carbons (Fsp3) is 0.769. The van der Waals surface area contributed by atoms with Gasteiger partial charge in [0.25, 0.3) is 0 Å². The molecule has 0 saturated heterocycles. The number of anilines is 2. The zero-order valence-corrected chi connectivity index (χ0v) is 12.4. The second-order valence-electron chi connectivity index (χ2n) is 5.21. The number of nitrogen functional groups attached to an aromatic ring is 1. The van der Waals surface area contributed by atoms with E-state index in [1.165, 1.54) is 0 Å². The third kappa shape index (κ3) is 4.68. The van der Waals surface area contributed by atoms with Crippen molar-refractivity contribution in [2.24, 2.45) is 5.84 Å². The lowest BCUT2D eigenvalue weighted by Gasteiger charge is -2.21. The van der Waals surface area contributed by atoms with Gasteiger partial charge < -0.3 is 15.2 Å². The maximum Gasteiger partial charge on any atom is 0.323 e. The molecule has 21 heavy (non-hydrogen) atoms. The average molecular weight is 296 g/mol. The van der Waals surface area contributed by atoms with E-state index in [1.807, 2.05) is 6.92 Å². The molecule has 2 unspecified atom stereocenters. The van der Waals surface area contributed by atoms with Gasteiger partial charge in [-0.2, -0.15) is 15.0 Å². The molecule has 0 aromatic carbocycles. The van der Waals surface area contributed by atoms with E-state index in [9.17, 15) is 5.11 Å². The molecule has 0 spiro atoms. The summed E-state index contributed by atoms with van der Waals surface area (Å²) in [5.41, 5.74) is 2.40. The van der Waals surface area contributed by atoms with E-state index in [0.29, 0.717) is 12.6 Å². The maximum atomic E-state index is 10.1. The van der Waals surface area contributed by atoms with E-state index in [2.05, 4.69) is 25.7 Å². The molecule has 2 rings (SSSR count). The van der Waals surface area contributed by atoms with Crippen LogP contribution < -0.4 is 21.3 Å². The first kappa shape index (κ1) is 15.7. The van der Waals surface area contributed by atoms with Crippen molar-refractivity contribution in [3.05, 3.63) is 0 Å². The largest absolute Gasteiger partial charge is 0.463 e. The van der Waals surface area contributed by atoms with Crippen LogP contribution >= 0.6 is 0 Å². The van der Waals surface area contributed by atoms with Gasteiger partial charge in [0.1, 0.15) is 0 Å². The Kier molecular flexibility index (Phi) is 5.94. The van der Waals surface area contributed by atoms with Crippen LogP contribution in [0.4, 0.5) is 11.9 Å². The highest BCUT2D eigenvalue weighted by Crippen LogP contribution is 2.21. The Bertz CT molecular complexity index is 445. The molecular formula is C13H24N6O2. The van der Waals surface area contributed by atoms with E-state index in [-0.39, 0.29) is 18.0 Å². The first-order chi connectivity index (χ1) is 10.2. The molecule has 1 heterocycles. The first-order valence-corrected chi connectivity index (χ1v) is 7.53. The van der Waals surface area contributed by atoms with Gasteiger partial charge in [-0.25, -0.2) is 5.84 Å². The lowest BCUT2D eigenvalue weighted by molar-refractivity contribution is 0.144. The number of ether oxygens (including phenoxy) is 1. The van der Waals surface area contributed by atoms with Gasteiger partial charge in [-0.3, -0.25) is 5.43 Å². The van der Waals surface area contributed by atoms with Crippen molar-refractivity contribution in [2.75, 3.05) is 17.3 Å². The summed E-state index contributed by atoms with van der Waals surface area (Å²) in [7, 11) is 0. The lowest BCUT2D eigenvalue weighted by Crippen LogP contribution is -2.33. The molecule has 0 radical (unpaired) electrons. The van der Waals surface area contributed by atoms with E-state index >= 15 is 0 Å². The van der Waals surface area contributed by atoms with Crippen LogP contribution in [0.5, 0.6) is 6.01 Å². The molecule has 8 nitrogen and oxygen atoms in total. The standard InChI is InChI=1S/C13H24N6O2/c1-2-8-21-13-17-11(16-12(18-13)19-14)15-9-6-4-3-5-7-10(9)20/h9-10,20H,2-8,14H2,1H3,(H2,15,16,17,18,19). The Morgan fingerprint density at radius 3 is 2.71 bits per heavy atom. The van der Waals surface area contributed by atoms with Crippen LogP contribution in [0.3, 0.4) is 0 Å². The Morgan fingerprint density at radius 1 is 1.19 bits per heavy atom. The normalized spacial score (nSPS) is 22.4. The highest BCUT2D eigenvalue weighted by atomic mass is 16.5. The number of nitrogens with one attached hydrogen (secondary N) is 2. The number of hydrazine groups is 1. The van der Waals surface area contributed by atoms with Crippen molar-refractivity contribution >= 4 is 11.9 Å². The Labute approximate surface area is 124 Å². The van der Waals surface area contributed by atoms with Crippen molar-refractivity contribution < 1.29 is 9.84 Å². The maximum absolute atomic E-state index is 10.1. The summed E-state index contributed by atoms with van der Waals surface area (Å²) >= 11 is 0. The van der Waals surface area contributed by atoms with Crippen molar-refractivity contribution in [1.29, 1.82) is 0 Å². The van der Waals surface area contributed by atoms with E-state index < -0.39 is 6.10 Å². The third-order valence-corrected chi connectivity index (χ3v) is 3.47. The fourth-order valence-electron chi connectivity index (χ4n) is 2.37. The predicted octanol–water partition coefficient (Wildman–Crippen LogP) is 1.05. The van der Waals surface area contributed by atoms with Crippen molar-refractivity contribution in [3.63, 3.8) is 0 Å². The number of aliphatic hydroxyl groups excluding tert-OH is 1. The summed E-state index contributed by atoms with van der Waals surface area (Å²) in [5, 5.41) is 13.3. The van der Waals surface area contributed by atoms with Crippen molar-refractivity contribution in [3.8, 4) is 6.01 Å². The summed E-state index contributed by atoms with van der Waals surface area (Å²) < 4.78 is 5.42. The number of aliphatic hydroxyl groups is 1. The molecule has 2 atom stereocenters. The second-order valence-corrected chi connectivity index (χ2v) is 5.21. The molecule has 118 valence electrons. The molecule has 1 aliphatic carbocycles. The van der Waals surface area contributed by atoms with Gasteiger partial charge in [0.2, 0.25) is 11.9 Å². The van der Waals surface area contributed by atoms with Crippen LogP contribution in [-0.4, -0.2) is 38.8 Å². The number of hydrogen-bond donors (Lipinski definition) is 4. The van der Waals surface area contributed by atoms with Crippen LogP contribution in [0.2, 0.25) is 0 Å². The number of rotatable bonds is 6. The fourth-order valence-corrected chi connectivity index (χ4v) is 2.37. The molecule has 1 aliphatic rings. The number of hydrogen-bond acceptors (Lipinski definition) is 8. The van der Waals surface area contributed by atoms with Crippen LogP contribution in [0.15, 0.2) is 0 Å². The topological polar surface area (TPSA) is 118 Å². The van der Waals surface area contributed by atoms with Gasteiger partial charge in [0.05, 0.1) is 18.8 Å².